The Hall–Kier alpha value is -4.07. The third-order valence-corrected chi connectivity index (χ3v) is 5.87. The van der Waals surface area contributed by atoms with E-state index in [1.54, 1.807) is 36.4 Å². The van der Waals surface area contributed by atoms with Crippen LogP contribution in [0.2, 0.25) is 0 Å². The molecule has 0 N–H and O–H groups in total. The van der Waals surface area contributed by atoms with Crippen LogP contribution in [0.4, 0.5) is 0 Å². The minimum absolute atomic E-state index is 0.0217. The summed E-state index contributed by atoms with van der Waals surface area (Å²) in [5.41, 5.74) is 3.94. The number of rotatable bonds is 5. The van der Waals surface area contributed by atoms with Gasteiger partial charge in [0.1, 0.15) is 5.75 Å². The van der Waals surface area contributed by atoms with Gasteiger partial charge < -0.3 is 9.64 Å². The second-order valence-electron chi connectivity index (χ2n) is 8.03. The van der Waals surface area contributed by atoms with Crippen LogP contribution in [0, 0.1) is 0 Å². The van der Waals surface area contributed by atoms with Crippen LogP contribution in [0.15, 0.2) is 67.3 Å². The molecule has 0 spiro atoms. The van der Waals surface area contributed by atoms with Gasteiger partial charge in [-0.15, -0.1) is 0 Å². The zero-order valence-corrected chi connectivity index (χ0v) is 18.5. The molecule has 1 aromatic carbocycles. The standard InChI is InChI=1S/C25H24N6O2/c1-30-16-19(15-28-30)22-14-18(8-10-26-22)25(32)31-12-4-7-23(31)21-9-11-27-24(29-21)17-5-3-6-20(13-17)33-2/h3,5-6,8-11,13-16,23H,4,7,12H2,1-2H3/t23-/m1/s1. The first-order valence-corrected chi connectivity index (χ1v) is 10.9. The maximum Gasteiger partial charge on any atom is 0.254 e. The monoisotopic (exact) mass is 440 g/mol. The summed E-state index contributed by atoms with van der Waals surface area (Å²) in [4.78, 5) is 29.0. The molecule has 1 fully saturated rings. The van der Waals surface area contributed by atoms with Crippen LogP contribution in [0.3, 0.4) is 0 Å². The molecule has 166 valence electrons. The average Bonchev–Trinajstić information content (AvgIpc) is 3.53. The molecule has 0 unspecified atom stereocenters. The molecule has 8 heteroatoms. The fourth-order valence-electron chi connectivity index (χ4n) is 4.22. The lowest BCUT2D eigenvalue weighted by atomic mass is 10.1. The minimum Gasteiger partial charge on any atom is -0.497 e. The van der Waals surface area contributed by atoms with Gasteiger partial charge in [-0.25, -0.2) is 9.97 Å². The van der Waals surface area contributed by atoms with Crippen molar-refractivity contribution in [2.75, 3.05) is 13.7 Å². The number of methoxy groups -OCH3 is 1. The molecule has 0 saturated carbocycles. The molecule has 4 heterocycles. The first-order chi connectivity index (χ1) is 16.1. The van der Waals surface area contributed by atoms with Crippen LogP contribution in [0.25, 0.3) is 22.6 Å². The molecular weight excluding hydrogens is 416 g/mol. The van der Waals surface area contributed by atoms with Crippen molar-refractivity contribution in [3.8, 4) is 28.4 Å². The Morgan fingerprint density at radius 3 is 2.79 bits per heavy atom. The number of ether oxygens (including phenoxy) is 1. The molecule has 1 saturated heterocycles. The number of benzene rings is 1. The summed E-state index contributed by atoms with van der Waals surface area (Å²) in [7, 11) is 3.49. The number of hydrogen-bond acceptors (Lipinski definition) is 6. The average molecular weight is 441 g/mol. The molecule has 0 bridgehead atoms. The maximum atomic E-state index is 13.5. The molecule has 1 aliphatic rings. The zero-order chi connectivity index (χ0) is 22.8. The molecule has 8 nitrogen and oxygen atoms in total. The molecule has 1 atom stereocenters. The highest BCUT2D eigenvalue weighted by Gasteiger charge is 2.32. The van der Waals surface area contributed by atoms with Gasteiger partial charge in [-0.1, -0.05) is 12.1 Å². The van der Waals surface area contributed by atoms with E-state index in [-0.39, 0.29) is 11.9 Å². The summed E-state index contributed by atoms with van der Waals surface area (Å²) in [5.74, 6) is 1.35. The largest absolute Gasteiger partial charge is 0.497 e. The number of pyridine rings is 1. The molecule has 1 amide bonds. The van der Waals surface area contributed by atoms with Crippen LogP contribution in [0.1, 0.15) is 34.9 Å². The maximum absolute atomic E-state index is 13.5. The van der Waals surface area contributed by atoms with Gasteiger partial charge in [0.05, 0.1) is 30.7 Å². The van der Waals surface area contributed by atoms with Gasteiger partial charge in [0, 0.05) is 48.9 Å². The summed E-state index contributed by atoms with van der Waals surface area (Å²) < 4.78 is 7.05. The van der Waals surface area contributed by atoms with Crippen molar-refractivity contribution in [2.45, 2.75) is 18.9 Å². The highest BCUT2D eigenvalue weighted by molar-refractivity contribution is 5.95. The van der Waals surface area contributed by atoms with Gasteiger partial charge >= 0.3 is 0 Å². The number of aromatic nitrogens is 5. The van der Waals surface area contributed by atoms with Crippen molar-refractivity contribution in [2.24, 2.45) is 7.05 Å². The second-order valence-corrected chi connectivity index (χ2v) is 8.03. The lowest BCUT2D eigenvalue weighted by Gasteiger charge is -2.24. The Bertz CT molecular complexity index is 1300. The molecule has 5 rings (SSSR count). The topological polar surface area (TPSA) is 86.0 Å². The van der Waals surface area contributed by atoms with Crippen molar-refractivity contribution < 1.29 is 9.53 Å². The third kappa shape index (κ3) is 4.19. The van der Waals surface area contributed by atoms with E-state index in [0.29, 0.717) is 17.9 Å². The molecule has 4 aromatic rings. The van der Waals surface area contributed by atoms with Crippen LogP contribution in [0.5, 0.6) is 5.75 Å². The van der Waals surface area contributed by atoms with Gasteiger partial charge in [-0.05, 0) is 43.2 Å². The van der Waals surface area contributed by atoms with E-state index >= 15 is 0 Å². The lowest BCUT2D eigenvalue weighted by molar-refractivity contribution is 0.0733. The quantitative estimate of drug-likeness (QED) is 0.468. The Labute approximate surface area is 191 Å². The smallest absolute Gasteiger partial charge is 0.254 e. The molecule has 0 aliphatic carbocycles. The normalized spacial score (nSPS) is 15.6. The number of carbonyl (C=O) groups excluding carboxylic acids is 1. The molecule has 0 radical (unpaired) electrons. The summed E-state index contributed by atoms with van der Waals surface area (Å²) in [6.07, 6.45) is 8.85. The molecule has 1 aliphatic heterocycles. The van der Waals surface area contributed by atoms with Gasteiger partial charge in [0.2, 0.25) is 0 Å². The number of hydrogen-bond donors (Lipinski definition) is 0. The summed E-state index contributed by atoms with van der Waals surface area (Å²) in [5, 5.41) is 4.20. The Balaban J connectivity index is 1.42. The number of amides is 1. The van der Waals surface area contributed by atoms with E-state index < -0.39 is 0 Å². The van der Waals surface area contributed by atoms with Crippen LogP contribution >= 0.6 is 0 Å². The van der Waals surface area contributed by atoms with Crippen molar-refractivity contribution in [1.29, 1.82) is 0 Å². The number of likely N-dealkylation sites (tertiary alicyclic amines) is 1. The van der Waals surface area contributed by atoms with Crippen LogP contribution in [-0.4, -0.2) is 49.2 Å². The predicted octanol–water partition coefficient (Wildman–Crippen LogP) is 3.93. The van der Waals surface area contributed by atoms with E-state index in [2.05, 4.69) is 15.1 Å². The highest BCUT2D eigenvalue weighted by Crippen LogP contribution is 2.33. The number of aryl methyl sites for hydroxylation is 1. The summed E-state index contributed by atoms with van der Waals surface area (Å²) in [6, 6.07) is 13.1. The Morgan fingerprint density at radius 2 is 1.97 bits per heavy atom. The van der Waals surface area contributed by atoms with Crippen molar-refractivity contribution in [1.82, 2.24) is 29.6 Å². The second kappa shape index (κ2) is 8.82. The van der Waals surface area contributed by atoms with Crippen LogP contribution in [-0.2, 0) is 7.05 Å². The van der Waals surface area contributed by atoms with E-state index in [1.807, 2.05) is 54.5 Å². The first-order valence-electron chi connectivity index (χ1n) is 10.9. The van der Waals surface area contributed by atoms with Crippen LogP contribution < -0.4 is 4.74 Å². The predicted molar refractivity (Wildman–Crippen MR) is 123 cm³/mol. The van der Waals surface area contributed by atoms with Gasteiger partial charge in [-0.3, -0.25) is 14.5 Å². The van der Waals surface area contributed by atoms with Gasteiger partial charge in [0.25, 0.3) is 5.91 Å². The van der Waals surface area contributed by atoms with E-state index in [9.17, 15) is 4.79 Å². The van der Waals surface area contributed by atoms with Crippen molar-refractivity contribution in [3.63, 3.8) is 0 Å². The summed E-state index contributed by atoms with van der Waals surface area (Å²) >= 11 is 0. The zero-order valence-electron chi connectivity index (χ0n) is 18.5. The number of nitrogens with zero attached hydrogens (tertiary/aromatic N) is 6. The lowest BCUT2D eigenvalue weighted by Crippen LogP contribution is -2.31. The SMILES string of the molecule is COc1cccc(-c2nccc([C@H]3CCCN3C(=O)c3ccnc(-c4cnn(C)c4)c3)n2)c1. The van der Waals surface area contributed by atoms with E-state index in [4.69, 9.17) is 9.72 Å². The van der Waals surface area contributed by atoms with Gasteiger partial charge in [0.15, 0.2) is 5.82 Å². The Morgan fingerprint density at radius 1 is 1.09 bits per heavy atom. The molecule has 3 aromatic heterocycles. The molecular formula is C25H24N6O2. The fourth-order valence-corrected chi connectivity index (χ4v) is 4.22. The van der Waals surface area contributed by atoms with Crippen molar-refractivity contribution in [3.05, 3.63) is 78.5 Å². The number of carbonyl (C=O) groups is 1. The molecule has 33 heavy (non-hydrogen) atoms. The highest BCUT2D eigenvalue weighted by atomic mass is 16.5. The third-order valence-electron chi connectivity index (χ3n) is 5.87. The van der Waals surface area contributed by atoms with E-state index in [1.165, 1.54) is 0 Å². The fraction of sp³-hybridized carbons (Fsp3) is 0.240. The van der Waals surface area contributed by atoms with E-state index in [0.717, 1.165) is 41.1 Å². The summed E-state index contributed by atoms with van der Waals surface area (Å²) in [6.45, 7) is 0.687. The first kappa shape index (κ1) is 20.8. The Kier molecular flexibility index (Phi) is 5.56. The minimum atomic E-state index is -0.0973. The van der Waals surface area contributed by atoms with Gasteiger partial charge in [-0.2, -0.15) is 5.10 Å². The van der Waals surface area contributed by atoms with Crippen molar-refractivity contribution >= 4 is 5.91 Å².